The third kappa shape index (κ3) is 3.44. The van der Waals surface area contributed by atoms with Gasteiger partial charge in [-0.3, -0.25) is 15.0 Å². The average Bonchev–Trinajstić information content (AvgIpc) is 3.18. The molecule has 0 radical (unpaired) electrons. The lowest BCUT2D eigenvalue weighted by molar-refractivity contribution is -0.384. The van der Waals surface area contributed by atoms with E-state index >= 15 is 0 Å². The molecule has 1 saturated carbocycles. The van der Waals surface area contributed by atoms with Gasteiger partial charge in [-0.2, -0.15) is 0 Å². The Morgan fingerprint density at radius 3 is 2.79 bits per heavy atom. The van der Waals surface area contributed by atoms with Gasteiger partial charge in [-0.1, -0.05) is 6.07 Å². The van der Waals surface area contributed by atoms with Crippen molar-refractivity contribution in [2.75, 3.05) is 18.9 Å². The lowest BCUT2D eigenvalue weighted by Gasteiger charge is -2.25. The fourth-order valence-electron chi connectivity index (χ4n) is 2.19. The third-order valence-electron chi connectivity index (χ3n) is 3.75. The minimum absolute atomic E-state index is 0.145. The van der Waals surface area contributed by atoms with E-state index in [0.717, 1.165) is 12.1 Å². The first-order valence-corrected chi connectivity index (χ1v) is 6.70. The second-order valence-electron chi connectivity index (χ2n) is 5.40. The second kappa shape index (κ2) is 5.57. The van der Waals surface area contributed by atoms with Gasteiger partial charge in [0.15, 0.2) is 0 Å². The quantitative estimate of drug-likeness (QED) is 0.633. The molecule has 0 saturated heterocycles. The Kier molecular flexibility index (Phi) is 4.04. The van der Waals surface area contributed by atoms with Gasteiger partial charge in [-0.05, 0) is 45.4 Å². The Hall–Kier alpha value is -1.62. The maximum Gasteiger partial charge on any atom is 0.292 e. The Balaban J connectivity index is 2.01. The average molecular weight is 263 g/mol. The number of benzene rings is 1. The fourth-order valence-corrected chi connectivity index (χ4v) is 2.19. The second-order valence-corrected chi connectivity index (χ2v) is 5.40. The zero-order chi connectivity index (χ0) is 14.0. The monoisotopic (exact) mass is 263 g/mol. The van der Waals surface area contributed by atoms with Gasteiger partial charge < -0.3 is 5.32 Å². The first kappa shape index (κ1) is 13.8. The van der Waals surface area contributed by atoms with Crippen molar-refractivity contribution in [2.24, 2.45) is 0 Å². The number of nitro groups is 1. The molecular weight excluding hydrogens is 242 g/mol. The van der Waals surface area contributed by atoms with Crippen LogP contribution in [0.15, 0.2) is 18.2 Å². The van der Waals surface area contributed by atoms with Crippen LogP contribution in [0.5, 0.6) is 0 Å². The van der Waals surface area contributed by atoms with Crippen LogP contribution in [-0.2, 0) is 0 Å². The van der Waals surface area contributed by atoms with Crippen molar-refractivity contribution in [3.05, 3.63) is 33.9 Å². The van der Waals surface area contributed by atoms with E-state index in [2.05, 4.69) is 24.2 Å². The highest BCUT2D eigenvalue weighted by Gasteiger charge is 2.29. The van der Waals surface area contributed by atoms with E-state index in [1.807, 2.05) is 13.0 Å². The van der Waals surface area contributed by atoms with Gasteiger partial charge in [0.1, 0.15) is 5.69 Å². The van der Waals surface area contributed by atoms with E-state index in [9.17, 15) is 10.1 Å². The number of hydrogen-bond acceptors (Lipinski definition) is 4. The van der Waals surface area contributed by atoms with E-state index in [1.54, 1.807) is 12.1 Å². The summed E-state index contributed by atoms with van der Waals surface area (Å²) in [4.78, 5) is 13.0. The fraction of sp³-hybridized carbons (Fsp3) is 0.571. The first-order valence-electron chi connectivity index (χ1n) is 6.70. The van der Waals surface area contributed by atoms with Crippen molar-refractivity contribution in [1.82, 2.24) is 4.90 Å². The molecule has 5 nitrogen and oxygen atoms in total. The molecule has 1 aromatic rings. The van der Waals surface area contributed by atoms with Gasteiger partial charge in [0, 0.05) is 24.7 Å². The van der Waals surface area contributed by atoms with E-state index in [-0.39, 0.29) is 10.6 Å². The van der Waals surface area contributed by atoms with Gasteiger partial charge in [-0.15, -0.1) is 0 Å². The minimum atomic E-state index is -0.336. The number of aryl methyl sites for hydroxylation is 1. The van der Waals surface area contributed by atoms with Crippen LogP contribution in [0.3, 0.4) is 0 Å². The summed E-state index contributed by atoms with van der Waals surface area (Å²) < 4.78 is 0. The van der Waals surface area contributed by atoms with Crippen LogP contribution in [0.1, 0.15) is 25.3 Å². The van der Waals surface area contributed by atoms with Crippen molar-refractivity contribution in [3.63, 3.8) is 0 Å². The van der Waals surface area contributed by atoms with E-state index in [4.69, 9.17) is 0 Å². The molecule has 0 bridgehead atoms. The lowest BCUT2D eigenvalue weighted by atomic mass is 10.2. The minimum Gasteiger partial charge on any atom is -0.378 e. The molecular formula is C14H21N3O2. The maximum absolute atomic E-state index is 11.0. The van der Waals surface area contributed by atoms with Crippen LogP contribution in [0.4, 0.5) is 11.4 Å². The number of hydrogen-bond donors (Lipinski definition) is 1. The number of nitro benzene ring substituents is 1. The number of likely N-dealkylation sites (N-methyl/N-ethyl adjacent to an activating group) is 1. The first-order chi connectivity index (χ1) is 8.99. The molecule has 0 amide bonds. The summed E-state index contributed by atoms with van der Waals surface area (Å²) in [5.41, 5.74) is 1.78. The summed E-state index contributed by atoms with van der Waals surface area (Å²) in [5.74, 6) is 0. The highest BCUT2D eigenvalue weighted by molar-refractivity contribution is 5.62. The zero-order valence-corrected chi connectivity index (χ0v) is 11.7. The van der Waals surface area contributed by atoms with Crippen molar-refractivity contribution in [3.8, 4) is 0 Å². The largest absolute Gasteiger partial charge is 0.378 e. The van der Waals surface area contributed by atoms with Crippen LogP contribution in [-0.4, -0.2) is 35.5 Å². The predicted octanol–water partition coefficient (Wildman–Crippen LogP) is 2.80. The summed E-state index contributed by atoms with van der Waals surface area (Å²) in [7, 11) is 2.12. The van der Waals surface area contributed by atoms with Crippen molar-refractivity contribution < 1.29 is 4.92 Å². The predicted molar refractivity (Wildman–Crippen MR) is 76.6 cm³/mol. The molecule has 1 aliphatic carbocycles. The number of nitrogens with one attached hydrogen (secondary N) is 1. The van der Waals surface area contributed by atoms with Crippen LogP contribution in [0.25, 0.3) is 0 Å². The van der Waals surface area contributed by atoms with Crippen LogP contribution in [0, 0.1) is 17.0 Å². The molecule has 1 atom stereocenters. The topological polar surface area (TPSA) is 58.4 Å². The highest BCUT2D eigenvalue weighted by atomic mass is 16.6. The number of rotatable bonds is 6. The van der Waals surface area contributed by atoms with Gasteiger partial charge in [0.2, 0.25) is 0 Å². The van der Waals surface area contributed by atoms with Crippen molar-refractivity contribution in [2.45, 2.75) is 38.8 Å². The molecule has 1 aromatic carbocycles. The molecule has 0 heterocycles. The smallest absolute Gasteiger partial charge is 0.292 e. The molecule has 1 unspecified atom stereocenters. The molecule has 1 fully saturated rings. The van der Waals surface area contributed by atoms with Gasteiger partial charge in [0.25, 0.3) is 5.69 Å². The van der Waals surface area contributed by atoms with Crippen LogP contribution >= 0.6 is 0 Å². The summed E-state index contributed by atoms with van der Waals surface area (Å²) in [6.07, 6.45) is 2.54. The molecule has 5 heteroatoms. The van der Waals surface area contributed by atoms with E-state index in [1.165, 1.54) is 12.8 Å². The molecule has 1 aliphatic rings. The summed E-state index contributed by atoms with van der Waals surface area (Å²) in [6, 6.07) is 6.23. The van der Waals surface area contributed by atoms with Gasteiger partial charge in [-0.25, -0.2) is 0 Å². The molecule has 0 aromatic heterocycles. The molecule has 1 N–H and O–H groups in total. The van der Waals surface area contributed by atoms with Crippen LogP contribution < -0.4 is 5.32 Å². The molecule has 0 aliphatic heterocycles. The highest BCUT2D eigenvalue weighted by Crippen LogP contribution is 2.28. The maximum atomic E-state index is 11.0. The Morgan fingerprint density at radius 2 is 2.21 bits per heavy atom. The Bertz CT molecular complexity index is 472. The number of nitrogens with zero attached hydrogens (tertiary/aromatic N) is 2. The van der Waals surface area contributed by atoms with Crippen molar-refractivity contribution >= 4 is 11.4 Å². The molecule has 19 heavy (non-hydrogen) atoms. The van der Waals surface area contributed by atoms with Crippen LogP contribution in [0.2, 0.25) is 0 Å². The lowest BCUT2D eigenvalue weighted by Crippen LogP contribution is -2.36. The van der Waals surface area contributed by atoms with Gasteiger partial charge >= 0.3 is 0 Å². The van der Waals surface area contributed by atoms with Crippen molar-refractivity contribution in [1.29, 1.82) is 0 Å². The molecule has 2 rings (SSSR count). The van der Waals surface area contributed by atoms with E-state index in [0.29, 0.717) is 17.8 Å². The summed E-state index contributed by atoms with van der Waals surface area (Å²) in [5, 5.41) is 14.2. The number of anilines is 1. The Labute approximate surface area is 113 Å². The standard InChI is InChI=1S/C14H21N3O2/c1-10-4-7-14(17(18)19)13(8-10)15-9-11(2)16(3)12-5-6-12/h4,7-8,11-12,15H,5-6,9H2,1-3H3. The SMILES string of the molecule is Cc1ccc([N+](=O)[O-])c(NCC(C)N(C)C2CC2)c1. The Morgan fingerprint density at radius 1 is 1.53 bits per heavy atom. The third-order valence-corrected chi connectivity index (χ3v) is 3.75. The molecule has 0 spiro atoms. The summed E-state index contributed by atoms with van der Waals surface area (Å²) in [6.45, 7) is 4.80. The molecule has 104 valence electrons. The van der Waals surface area contributed by atoms with Gasteiger partial charge in [0.05, 0.1) is 4.92 Å². The normalized spacial score (nSPS) is 16.4. The summed E-state index contributed by atoms with van der Waals surface area (Å²) >= 11 is 0. The zero-order valence-electron chi connectivity index (χ0n) is 11.7. The van der Waals surface area contributed by atoms with E-state index < -0.39 is 0 Å².